The Morgan fingerprint density at radius 3 is 2.79 bits per heavy atom. The SMILES string of the molecule is O=C(NCCc1c[nH]c2ccc(F)cc12)c1cccc(Nc2ncccn2)c1. The predicted octanol–water partition coefficient (Wildman–Crippen LogP) is 3.81. The lowest BCUT2D eigenvalue weighted by atomic mass is 10.1. The Bertz CT molecular complexity index is 1110. The van der Waals surface area contributed by atoms with Crippen LogP contribution in [0, 0.1) is 5.82 Å². The maximum Gasteiger partial charge on any atom is 0.251 e. The quantitative estimate of drug-likeness (QED) is 0.479. The number of fused-ring (bicyclic) bond motifs is 1. The van der Waals surface area contributed by atoms with Crippen LogP contribution in [0.15, 0.2) is 67.1 Å². The summed E-state index contributed by atoms with van der Waals surface area (Å²) in [4.78, 5) is 23.8. The molecule has 0 unspecified atom stereocenters. The third-order valence-electron chi connectivity index (χ3n) is 4.36. The highest BCUT2D eigenvalue weighted by atomic mass is 19.1. The smallest absolute Gasteiger partial charge is 0.251 e. The van der Waals surface area contributed by atoms with E-state index in [1.54, 1.807) is 42.7 Å². The lowest BCUT2D eigenvalue weighted by Gasteiger charge is -2.08. The molecule has 0 atom stereocenters. The average Bonchev–Trinajstić information content (AvgIpc) is 3.11. The molecule has 0 spiro atoms. The molecule has 2 heterocycles. The van der Waals surface area contributed by atoms with Gasteiger partial charge in [-0.25, -0.2) is 14.4 Å². The molecule has 4 rings (SSSR count). The van der Waals surface area contributed by atoms with E-state index in [1.807, 2.05) is 12.3 Å². The summed E-state index contributed by atoms with van der Waals surface area (Å²) >= 11 is 0. The Morgan fingerprint density at radius 2 is 1.93 bits per heavy atom. The number of benzene rings is 2. The number of H-pyrrole nitrogens is 1. The summed E-state index contributed by atoms with van der Waals surface area (Å²) in [6.07, 6.45) is 5.73. The van der Waals surface area contributed by atoms with Gasteiger partial charge in [0.2, 0.25) is 5.95 Å². The van der Waals surface area contributed by atoms with E-state index in [2.05, 4.69) is 25.6 Å². The number of amides is 1. The van der Waals surface area contributed by atoms with Gasteiger partial charge in [-0.2, -0.15) is 0 Å². The van der Waals surface area contributed by atoms with E-state index >= 15 is 0 Å². The van der Waals surface area contributed by atoms with E-state index in [0.717, 1.165) is 22.2 Å². The van der Waals surface area contributed by atoms with Crippen molar-refractivity contribution >= 4 is 28.4 Å². The van der Waals surface area contributed by atoms with Gasteiger partial charge in [0.1, 0.15) is 5.82 Å². The maximum absolute atomic E-state index is 13.5. The van der Waals surface area contributed by atoms with Gasteiger partial charge < -0.3 is 15.6 Å². The van der Waals surface area contributed by atoms with Crippen molar-refractivity contribution in [2.75, 3.05) is 11.9 Å². The summed E-state index contributed by atoms with van der Waals surface area (Å²) in [5, 5.41) is 6.80. The zero-order valence-electron chi connectivity index (χ0n) is 14.9. The number of nitrogens with zero attached hydrogens (tertiary/aromatic N) is 2. The molecule has 4 aromatic rings. The average molecular weight is 375 g/mol. The van der Waals surface area contributed by atoms with Crippen LogP contribution in [0.25, 0.3) is 10.9 Å². The van der Waals surface area contributed by atoms with Crippen molar-refractivity contribution < 1.29 is 9.18 Å². The summed E-state index contributed by atoms with van der Waals surface area (Å²) in [6.45, 7) is 0.446. The van der Waals surface area contributed by atoms with Gasteiger partial charge in [-0.1, -0.05) is 6.07 Å². The zero-order chi connectivity index (χ0) is 19.3. The van der Waals surface area contributed by atoms with E-state index in [1.165, 1.54) is 12.1 Å². The van der Waals surface area contributed by atoms with E-state index in [0.29, 0.717) is 24.5 Å². The first-order valence-corrected chi connectivity index (χ1v) is 8.87. The second kappa shape index (κ2) is 7.87. The van der Waals surface area contributed by atoms with Crippen LogP contribution < -0.4 is 10.6 Å². The van der Waals surface area contributed by atoms with E-state index in [-0.39, 0.29) is 11.7 Å². The summed E-state index contributed by atoms with van der Waals surface area (Å²) in [5.41, 5.74) is 3.10. The van der Waals surface area contributed by atoms with Crippen LogP contribution in [-0.2, 0) is 6.42 Å². The van der Waals surface area contributed by atoms with Crippen molar-refractivity contribution in [1.29, 1.82) is 0 Å². The summed E-state index contributed by atoms with van der Waals surface area (Å²) in [5.74, 6) is 0.0133. The Balaban J connectivity index is 1.38. The molecule has 2 aromatic carbocycles. The van der Waals surface area contributed by atoms with Gasteiger partial charge in [0.15, 0.2) is 0 Å². The highest BCUT2D eigenvalue weighted by molar-refractivity contribution is 5.95. The molecule has 0 aliphatic heterocycles. The number of aromatic nitrogens is 3. The molecule has 0 aliphatic rings. The van der Waals surface area contributed by atoms with Crippen molar-refractivity contribution in [2.24, 2.45) is 0 Å². The normalized spacial score (nSPS) is 10.8. The number of carbonyl (C=O) groups excluding carboxylic acids is 1. The lowest BCUT2D eigenvalue weighted by Crippen LogP contribution is -2.25. The van der Waals surface area contributed by atoms with Gasteiger partial charge in [0, 0.05) is 47.3 Å². The van der Waals surface area contributed by atoms with Gasteiger partial charge in [0.25, 0.3) is 5.91 Å². The highest BCUT2D eigenvalue weighted by Gasteiger charge is 2.09. The van der Waals surface area contributed by atoms with Gasteiger partial charge in [-0.3, -0.25) is 4.79 Å². The molecule has 0 bridgehead atoms. The molecule has 0 saturated heterocycles. The molecule has 6 nitrogen and oxygen atoms in total. The maximum atomic E-state index is 13.5. The number of rotatable bonds is 6. The molecule has 0 saturated carbocycles. The molecule has 28 heavy (non-hydrogen) atoms. The molecule has 1 amide bonds. The molecular weight excluding hydrogens is 357 g/mol. The minimum Gasteiger partial charge on any atom is -0.361 e. The number of carbonyl (C=O) groups is 1. The number of hydrogen-bond acceptors (Lipinski definition) is 4. The van der Waals surface area contributed by atoms with Crippen LogP contribution in [-0.4, -0.2) is 27.4 Å². The number of aromatic amines is 1. The van der Waals surface area contributed by atoms with Crippen LogP contribution >= 0.6 is 0 Å². The predicted molar refractivity (Wildman–Crippen MR) is 106 cm³/mol. The number of halogens is 1. The number of nitrogens with one attached hydrogen (secondary N) is 3. The molecule has 140 valence electrons. The van der Waals surface area contributed by atoms with Crippen LogP contribution in [0.3, 0.4) is 0 Å². The molecule has 2 aromatic heterocycles. The first-order valence-electron chi connectivity index (χ1n) is 8.87. The molecule has 0 aliphatic carbocycles. The monoisotopic (exact) mass is 375 g/mol. The van der Waals surface area contributed by atoms with Crippen LogP contribution in [0.4, 0.5) is 16.0 Å². The van der Waals surface area contributed by atoms with Crippen molar-refractivity contribution in [3.63, 3.8) is 0 Å². The first-order chi connectivity index (χ1) is 13.7. The standard InChI is InChI=1S/C21H18FN5O/c22-16-5-6-19-18(12-16)15(13-26-19)7-10-23-20(28)14-3-1-4-17(11-14)27-21-24-8-2-9-25-21/h1-6,8-9,11-13,26H,7,10H2,(H,23,28)(H,24,25,27). The Labute approximate surface area is 160 Å². The van der Waals surface area contributed by atoms with E-state index in [4.69, 9.17) is 0 Å². The Hall–Kier alpha value is -3.74. The molecule has 7 heteroatoms. The van der Waals surface area contributed by atoms with Crippen molar-refractivity contribution in [2.45, 2.75) is 6.42 Å². The first kappa shape index (κ1) is 17.7. The molecule has 3 N–H and O–H groups in total. The van der Waals surface area contributed by atoms with E-state index < -0.39 is 0 Å². The van der Waals surface area contributed by atoms with Crippen LogP contribution in [0.2, 0.25) is 0 Å². The fourth-order valence-electron chi connectivity index (χ4n) is 3.00. The van der Waals surface area contributed by atoms with Crippen LogP contribution in [0.1, 0.15) is 15.9 Å². The topological polar surface area (TPSA) is 82.7 Å². The highest BCUT2D eigenvalue weighted by Crippen LogP contribution is 2.20. The minimum absolute atomic E-state index is 0.177. The third kappa shape index (κ3) is 3.98. The van der Waals surface area contributed by atoms with Crippen LogP contribution in [0.5, 0.6) is 0 Å². The van der Waals surface area contributed by atoms with Crippen molar-refractivity contribution in [3.05, 3.63) is 84.1 Å². The van der Waals surface area contributed by atoms with Crippen molar-refractivity contribution in [1.82, 2.24) is 20.3 Å². The van der Waals surface area contributed by atoms with Gasteiger partial charge >= 0.3 is 0 Å². The van der Waals surface area contributed by atoms with E-state index in [9.17, 15) is 9.18 Å². The zero-order valence-corrected chi connectivity index (χ0v) is 14.9. The second-order valence-electron chi connectivity index (χ2n) is 6.29. The second-order valence-corrected chi connectivity index (χ2v) is 6.29. The molecular formula is C21H18FN5O. The summed E-state index contributed by atoms with van der Waals surface area (Å²) < 4.78 is 13.5. The summed E-state index contributed by atoms with van der Waals surface area (Å²) in [6, 6.07) is 13.5. The van der Waals surface area contributed by atoms with Gasteiger partial charge in [-0.15, -0.1) is 0 Å². The fraction of sp³-hybridized carbons (Fsp3) is 0.0952. The van der Waals surface area contributed by atoms with Crippen molar-refractivity contribution in [3.8, 4) is 0 Å². The number of anilines is 2. The Kier molecular flexibility index (Phi) is 4.97. The lowest BCUT2D eigenvalue weighted by molar-refractivity contribution is 0.0954. The third-order valence-corrected chi connectivity index (χ3v) is 4.36. The largest absolute Gasteiger partial charge is 0.361 e. The van der Waals surface area contributed by atoms with Gasteiger partial charge in [-0.05, 0) is 54.4 Å². The Morgan fingerprint density at radius 1 is 1.07 bits per heavy atom. The van der Waals surface area contributed by atoms with Gasteiger partial charge in [0.05, 0.1) is 0 Å². The number of hydrogen-bond donors (Lipinski definition) is 3. The molecule has 0 fully saturated rings. The molecule has 0 radical (unpaired) electrons. The summed E-state index contributed by atoms with van der Waals surface area (Å²) in [7, 11) is 0. The minimum atomic E-state index is -0.274. The fourth-order valence-corrected chi connectivity index (χ4v) is 3.00.